The lowest BCUT2D eigenvalue weighted by Gasteiger charge is -2.38. The predicted octanol–water partition coefficient (Wildman–Crippen LogP) is 2.59. The van der Waals surface area contributed by atoms with Crippen LogP contribution in [0.25, 0.3) is 0 Å². The van der Waals surface area contributed by atoms with Crippen LogP contribution in [0.5, 0.6) is 0 Å². The SMILES string of the molecule is COC(=O)NC(C(=O)N1CC2C3CC(F)C(C3)C2C1C(=O)N1CC2(CC1C#N)C(=O)Nc1ccccc12)C(C)(C)C. The molecule has 3 heterocycles. The number of methoxy groups -OCH3 is 1. The number of halogens is 1. The van der Waals surface area contributed by atoms with Gasteiger partial charge in [0.1, 0.15) is 24.3 Å². The molecule has 3 aliphatic heterocycles. The summed E-state index contributed by atoms with van der Waals surface area (Å²) in [6, 6.07) is 6.63. The highest BCUT2D eigenvalue weighted by molar-refractivity contribution is 6.07. The molecule has 9 atom stereocenters. The molecular formula is C30H36FN5O5. The van der Waals surface area contributed by atoms with Crippen LogP contribution in [0.15, 0.2) is 24.3 Å². The number of nitrogens with one attached hydrogen (secondary N) is 2. The largest absolute Gasteiger partial charge is 0.453 e. The van der Waals surface area contributed by atoms with Gasteiger partial charge in [0.15, 0.2) is 0 Å². The molecule has 218 valence electrons. The topological polar surface area (TPSA) is 132 Å². The smallest absolute Gasteiger partial charge is 0.407 e. The number of alkyl halides is 1. The second-order valence-corrected chi connectivity index (χ2v) is 13.4. The number of anilines is 1. The van der Waals surface area contributed by atoms with Crippen molar-refractivity contribution in [3.63, 3.8) is 0 Å². The molecule has 2 N–H and O–H groups in total. The summed E-state index contributed by atoms with van der Waals surface area (Å²) in [7, 11) is 1.22. The van der Waals surface area contributed by atoms with Gasteiger partial charge in [-0.3, -0.25) is 14.4 Å². The van der Waals surface area contributed by atoms with Crippen LogP contribution >= 0.6 is 0 Å². The van der Waals surface area contributed by atoms with Crippen molar-refractivity contribution in [3.8, 4) is 6.07 Å². The van der Waals surface area contributed by atoms with Gasteiger partial charge in [-0.25, -0.2) is 9.18 Å². The Morgan fingerprint density at radius 2 is 1.93 bits per heavy atom. The predicted molar refractivity (Wildman–Crippen MR) is 145 cm³/mol. The first-order chi connectivity index (χ1) is 19.4. The summed E-state index contributed by atoms with van der Waals surface area (Å²) >= 11 is 0. The summed E-state index contributed by atoms with van der Waals surface area (Å²) in [4.78, 5) is 57.3. The quantitative estimate of drug-likeness (QED) is 0.579. The third kappa shape index (κ3) is 4.01. The number of rotatable bonds is 3. The number of para-hydroxylation sites is 1. The number of alkyl carbamates (subject to hydrolysis) is 1. The summed E-state index contributed by atoms with van der Waals surface area (Å²) in [5, 5.41) is 15.7. The molecule has 5 aliphatic rings. The monoisotopic (exact) mass is 565 g/mol. The van der Waals surface area contributed by atoms with E-state index in [2.05, 4.69) is 16.7 Å². The molecule has 6 rings (SSSR count). The fraction of sp³-hybridized carbons (Fsp3) is 0.633. The Morgan fingerprint density at radius 3 is 2.61 bits per heavy atom. The van der Waals surface area contributed by atoms with Crippen LogP contribution < -0.4 is 10.6 Å². The normalized spacial score (nSPS) is 35.6. The molecule has 2 aliphatic carbocycles. The minimum absolute atomic E-state index is 0.000910. The van der Waals surface area contributed by atoms with Gasteiger partial charge in [-0.05, 0) is 53.6 Å². The van der Waals surface area contributed by atoms with E-state index < -0.39 is 53.0 Å². The van der Waals surface area contributed by atoms with Crippen LogP contribution in [0.4, 0.5) is 14.9 Å². The number of ether oxygens (including phenoxy) is 1. The number of nitrogens with zero attached hydrogens (tertiary/aromatic N) is 3. The average molecular weight is 566 g/mol. The van der Waals surface area contributed by atoms with Gasteiger partial charge >= 0.3 is 6.09 Å². The first-order valence-corrected chi connectivity index (χ1v) is 14.3. The van der Waals surface area contributed by atoms with E-state index in [0.29, 0.717) is 18.5 Å². The summed E-state index contributed by atoms with van der Waals surface area (Å²) in [5.74, 6) is -1.85. The van der Waals surface area contributed by atoms with Gasteiger partial charge in [-0.15, -0.1) is 0 Å². The van der Waals surface area contributed by atoms with Crippen LogP contribution in [0.3, 0.4) is 0 Å². The molecule has 2 saturated carbocycles. The first kappa shape index (κ1) is 27.5. The van der Waals surface area contributed by atoms with Crippen molar-refractivity contribution in [3.05, 3.63) is 29.8 Å². The second-order valence-electron chi connectivity index (χ2n) is 13.4. The Hall–Kier alpha value is -3.68. The zero-order valence-electron chi connectivity index (χ0n) is 23.7. The van der Waals surface area contributed by atoms with Crippen molar-refractivity contribution < 1.29 is 28.3 Å². The van der Waals surface area contributed by atoms with E-state index >= 15 is 4.39 Å². The molecule has 1 spiro atoms. The van der Waals surface area contributed by atoms with Crippen LogP contribution in [0.1, 0.15) is 45.6 Å². The van der Waals surface area contributed by atoms with E-state index in [1.54, 1.807) is 6.07 Å². The fourth-order valence-electron chi connectivity index (χ4n) is 8.40. The molecule has 10 nitrogen and oxygen atoms in total. The number of hydrogen-bond donors (Lipinski definition) is 2. The maximum Gasteiger partial charge on any atom is 0.407 e. The van der Waals surface area contributed by atoms with Gasteiger partial charge in [0.05, 0.1) is 18.6 Å². The molecule has 1 aromatic rings. The number of carbonyl (C=O) groups excluding carboxylic acids is 4. The third-order valence-electron chi connectivity index (χ3n) is 10.3. The fourth-order valence-corrected chi connectivity index (χ4v) is 8.40. The third-order valence-corrected chi connectivity index (χ3v) is 10.3. The van der Waals surface area contributed by atoms with E-state index in [-0.39, 0.29) is 49.1 Å². The van der Waals surface area contributed by atoms with Gasteiger partial charge in [-0.2, -0.15) is 5.26 Å². The van der Waals surface area contributed by atoms with Gasteiger partial charge in [0, 0.05) is 25.2 Å². The maximum atomic E-state index is 15.2. The molecule has 2 saturated heterocycles. The molecule has 4 amide bonds. The molecule has 11 heteroatoms. The molecule has 1 aromatic carbocycles. The minimum atomic E-state index is -1.07. The van der Waals surface area contributed by atoms with Gasteiger partial charge in [0.25, 0.3) is 0 Å². The number of amides is 4. The summed E-state index contributed by atoms with van der Waals surface area (Å²) < 4.78 is 19.9. The number of benzene rings is 1. The lowest BCUT2D eigenvalue weighted by atomic mass is 9.77. The molecule has 2 bridgehead atoms. The van der Waals surface area contributed by atoms with Gasteiger partial charge in [0.2, 0.25) is 17.7 Å². The Kier molecular flexibility index (Phi) is 6.32. The molecule has 4 fully saturated rings. The lowest BCUT2D eigenvalue weighted by molar-refractivity contribution is -0.148. The first-order valence-electron chi connectivity index (χ1n) is 14.3. The van der Waals surface area contributed by atoms with Crippen molar-refractivity contribution in [2.75, 3.05) is 25.5 Å². The lowest BCUT2D eigenvalue weighted by Crippen LogP contribution is -2.59. The van der Waals surface area contributed by atoms with E-state index in [4.69, 9.17) is 4.74 Å². The summed E-state index contributed by atoms with van der Waals surface area (Å²) in [6.45, 7) is 5.72. The summed E-state index contributed by atoms with van der Waals surface area (Å²) in [6.07, 6.45) is -0.585. The number of nitriles is 1. The van der Waals surface area contributed by atoms with Crippen molar-refractivity contribution in [2.45, 2.75) is 69.7 Å². The van der Waals surface area contributed by atoms with Crippen molar-refractivity contribution >= 4 is 29.5 Å². The van der Waals surface area contributed by atoms with Crippen molar-refractivity contribution in [2.24, 2.45) is 29.1 Å². The zero-order chi connectivity index (χ0) is 29.4. The Morgan fingerprint density at radius 1 is 1.20 bits per heavy atom. The second kappa shape index (κ2) is 9.43. The molecule has 41 heavy (non-hydrogen) atoms. The molecule has 0 radical (unpaired) electrons. The van der Waals surface area contributed by atoms with Crippen LogP contribution in [0, 0.1) is 40.4 Å². The van der Waals surface area contributed by atoms with E-state index in [0.717, 1.165) is 5.56 Å². The molecular weight excluding hydrogens is 529 g/mol. The summed E-state index contributed by atoms with van der Waals surface area (Å²) in [5.41, 5.74) is -0.374. The van der Waals surface area contributed by atoms with Gasteiger partial charge in [-0.1, -0.05) is 39.0 Å². The number of likely N-dealkylation sites (tertiary alicyclic amines) is 2. The highest BCUT2D eigenvalue weighted by Crippen LogP contribution is 2.59. The van der Waals surface area contributed by atoms with Crippen LogP contribution in [-0.4, -0.2) is 78.1 Å². The van der Waals surface area contributed by atoms with E-state index in [1.165, 1.54) is 16.9 Å². The highest BCUT2D eigenvalue weighted by atomic mass is 19.1. The van der Waals surface area contributed by atoms with Crippen LogP contribution in [0.2, 0.25) is 0 Å². The molecule has 9 unspecified atom stereocenters. The van der Waals surface area contributed by atoms with E-state index in [1.807, 2.05) is 39.0 Å². The number of hydrogen-bond acceptors (Lipinski definition) is 6. The van der Waals surface area contributed by atoms with Crippen molar-refractivity contribution in [1.29, 1.82) is 5.26 Å². The van der Waals surface area contributed by atoms with Crippen molar-refractivity contribution in [1.82, 2.24) is 15.1 Å². The van der Waals surface area contributed by atoms with Gasteiger partial charge < -0.3 is 25.2 Å². The van der Waals surface area contributed by atoms with E-state index in [9.17, 15) is 24.4 Å². The maximum absolute atomic E-state index is 15.2. The Labute approximate surface area is 238 Å². The Bertz CT molecular complexity index is 1360. The minimum Gasteiger partial charge on any atom is -0.453 e. The number of fused-ring (bicyclic) bond motifs is 7. The van der Waals surface area contributed by atoms with Crippen LogP contribution in [-0.2, 0) is 24.5 Å². The average Bonchev–Trinajstić information content (AvgIpc) is 3.72. The number of carbonyl (C=O) groups is 4. The Balaban J connectivity index is 1.37. The standard InChI is InChI=1S/C30H36FN5O5/c1-29(2,3)24(34-28(40)41-4)26(38)35-13-18-15-9-17(20(31)10-15)22(18)23(35)25(37)36-14-30(11-16(36)12-32)19-7-5-6-8-21(19)33-27(30)39/h5-8,15-18,20,22-24H,9-11,13-14H2,1-4H3,(H,33,39)(H,34,40). The highest BCUT2D eigenvalue weighted by Gasteiger charge is 2.65. The molecule has 0 aromatic heterocycles. The zero-order valence-corrected chi connectivity index (χ0v) is 23.7.